The average Bonchev–Trinajstić information content (AvgIpc) is 2.59. The van der Waals surface area contributed by atoms with Crippen LogP contribution in [0.25, 0.3) is 0 Å². The second-order valence-electron chi connectivity index (χ2n) is 5.81. The van der Waals surface area contributed by atoms with Crippen LogP contribution in [0.3, 0.4) is 0 Å². The summed E-state index contributed by atoms with van der Waals surface area (Å²) in [6, 6.07) is 7.31. The second-order valence-corrected chi connectivity index (χ2v) is 5.81. The molecule has 1 aromatic carbocycles. The van der Waals surface area contributed by atoms with E-state index in [2.05, 4.69) is 5.32 Å². The zero-order valence-corrected chi connectivity index (χ0v) is 13.6. The van der Waals surface area contributed by atoms with Crippen molar-refractivity contribution >= 4 is 12.0 Å². The number of likely N-dealkylation sites (tertiary alicyclic amines) is 1. The third-order valence-electron chi connectivity index (χ3n) is 4.28. The van der Waals surface area contributed by atoms with Crippen molar-refractivity contribution in [1.29, 1.82) is 0 Å². The number of methoxy groups -OCH3 is 1. The van der Waals surface area contributed by atoms with Crippen LogP contribution in [0.1, 0.15) is 37.8 Å². The average molecular weight is 320 g/mol. The van der Waals surface area contributed by atoms with Crippen LogP contribution in [-0.2, 0) is 4.79 Å². The Balaban J connectivity index is 1.99. The van der Waals surface area contributed by atoms with Gasteiger partial charge in [0.15, 0.2) is 0 Å². The van der Waals surface area contributed by atoms with Crippen LogP contribution in [0.5, 0.6) is 5.75 Å². The molecule has 126 valence electrons. The van der Waals surface area contributed by atoms with Gasteiger partial charge in [-0.1, -0.05) is 19.1 Å². The molecule has 2 N–H and O–H groups in total. The topological polar surface area (TPSA) is 78.9 Å². The first-order valence-corrected chi connectivity index (χ1v) is 7.97. The number of hydrogen-bond acceptors (Lipinski definition) is 3. The van der Waals surface area contributed by atoms with E-state index >= 15 is 0 Å². The largest absolute Gasteiger partial charge is 0.497 e. The molecule has 0 aromatic heterocycles. The molecule has 2 atom stereocenters. The number of carboxylic acid groups (broad SMARTS) is 1. The molecule has 1 aliphatic heterocycles. The Kier molecular flexibility index (Phi) is 5.84. The Morgan fingerprint density at radius 1 is 1.39 bits per heavy atom. The normalized spacial score (nSPS) is 19.0. The number of benzene rings is 1. The Labute approximate surface area is 136 Å². The fourth-order valence-electron chi connectivity index (χ4n) is 2.86. The van der Waals surface area contributed by atoms with Gasteiger partial charge in [0.2, 0.25) is 0 Å². The summed E-state index contributed by atoms with van der Waals surface area (Å²) in [4.78, 5) is 25.1. The van der Waals surface area contributed by atoms with Gasteiger partial charge in [0.1, 0.15) is 5.75 Å². The van der Waals surface area contributed by atoms with E-state index in [0.717, 1.165) is 24.2 Å². The monoisotopic (exact) mass is 320 g/mol. The minimum absolute atomic E-state index is 0.0985. The maximum Gasteiger partial charge on any atom is 0.317 e. The quantitative estimate of drug-likeness (QED) is 0.874. The molecule has 0 bridgehead atoms. The number of hydrogen-bond donors (Lipinski definition) is 2. The minimum atomic E-state index is -0.829. The van der Waals surface area contributed by atoms with Crippen LogP contribution < -0.4 is 10.1 Å². The molecule has 6 heteroatoms. The van der Waals surface area contributed by atoms with Gasteiger partial charge in [0.25, 0.3) is 0 Å². The van der Waals surface area contributed by atoms with Crippen LogP contribution >= 0.6 is 0 Å². The summed E-state index contributed by atoms with van der Waals surface area (Å²) in [5.74, 6) is -0.518. The first-order chi connectivity index (χ1) is 11.0. The zero-order chi connectivity index (χ0) is 16.8. The molecule has 2 rings (SSSR count). The third kappa shape index (κ3) is 4.37. The number of urea groups is 1. The van der Waals surface area contributed by atoms with Crippen molar-refractivity contribution in [2.45, 2.75) is 32.2 Å². The fourth-order valence-corrected chi connectivity index (χ4v) is 2.86. The van der Waals surface area contributed by atoms with E-state index in [1.165, 1.54) is 0 Å². The van der Waals surface area contributed by atoms with Crippen molar-refractivity contribution in [3.05, 3.63) is 29.8 Å². The molecule has 1 aliphatic rings. The fraction of sp³-hybridized carbons (Fsp3) is 0.529. The summed E-state index contributed by atoms with van der Waals surface area (Å²) >= 11 is 0. The summed E-state index contributed by atoms with van der Waals surface area (Å²) in [5, 5.41) is 12.1. The molecule has 1 heterocycles. The number of nitrogens with zero attached hydrogens (tertiary/aromatic N) is 1. The number of amides is 2. The minimum Gasteiger partial charge on any atom is -0.497 e. The van der Waals surface area contributed by atoms with Gasteiger partial charge >= 0.3 is 12.0 Å². The Hall–Kier alpha value is -2.24. The molecule has 1 aromatic rings. The van der Waals surface area contributed by atoms with Gasteiger partial charge in [-0.15, -0.1) is 0 Å². The molecule has 0 spiro atoms. The summed E-state index contributed by atoms with van der Waals surface area (Å²) in [6.45, 7) is 2.89. The van der Waals surface area contributed by atoms with E-state index in [4.69, 9.17) is 9.84 Å². The zero-order valence-electron chi connectivity index (χ0n) is 13.6. The highest BCUT2D eigenvalue weighted by Crippen LogP contribution is 2.22. The van der Waals surface area contributed by atoms with Crippen LogP contribution in [0, 0.1) is 5.92 Å². The number of carboxylic acids is 1. The van der Waals surface area contributed by atoms with Crippen LogP contribution in [0.2, 0.25) is 0 Å². The summed E-state index contributed by atoms with van der Waals surface area (Å²) < 4.78 is 5.14. The predicted octanol–water partition coefficient (Wildman–Crippen LogP) is 2.65. The highest BCUT2D eigenvalue weighted by molar-refractivity contribution is 5.77. The van der Waals surface area contributed by atoms with Gasteiger partial charge in [-0.3, -0.25) is 4.79 Å². The highest BCUT2D eigenvalue weighted by atomic mass is 16.5. The lowest BCUT2D eigenvalue weighted by Crippen LogP contribution is -2.47. The summed E-state index contributed by atoms with van der Waals surface area (Å²) in [7, 11) is 1.61. The number of carbonyl (C=O) groups excluding carboxylic acids is 1. The third-order valence-corrected chi connectivity index (χ3v) is 4.28. The predicted molar refractivity (Wildman–Crippen MR) is 86.5 cm³/mol. The van der Waals surface area contributed by atoms with Crippen LogP contribution in [-0.4, -0.2) is 42.2 Å². The Morgan fingerprint density at radius 2 is 2.09 bits per heavy atom. The van der Waals surface area contributed by atoms with Crippen molar-refractivity contribution in [2.24, 2.45) is 5.92 Å². The first-order valence-electron chi connectivity index (χ1n) is 7.97. The lowest BCUT2D eigenvalue weighted by atomic mass is 9.98. The van der Waals surface area contributed by atoms with Gasteiger partial charge in [0.05, 0.1) is 19.1 Å². The Bertz CT molecular complexity index is 544. The van der Waals surface area contributed by atoms with E-state index in [9.17, 15) is 9.59 Å². The lowest BCUT2D eigenvalue weighted by molar-refractivity contribution is -0.143. The van der Waals surface area contributed by atoms with Gasteiger partial charge in [0, 0.05) is 13.1 Å². The second kappa shape index (κ2) is 7.85. The molecule has 23 heavy (non-hydrogen) atoms. The Morgan fingerprint density at radius 3 is 2.65 bits per heavy atom. The number of rotatable bonds is 5. The molecule has 0 saturated carbocycles. The smallest absolute Gasteiger partial charge is 0.317 e. The van der Waals surface area contributed by atoms with Gasteiger partial charge in [-0.05, 0) is 37.0 Å². The molecule has 1 saturated heterocycles. The van der Waals surface area contributed by atoms with Crippen molar-refractivity contribution in [3.63, 3.8) is 0 Å². The first kappa shape index (κ1) is 17.1. The summed E-state index contributed by atoms with van der Waals surface area (Å²) in [6.07, 6.45) is 2.12. The molecular weight excluding hydrogens is 296 g/mol. The maximum absolute atomic E-state index is 12.4. The van der Waals surface area contributed by atoms with Crippen molar-refractivity contribution in [2.75, 3.05) is 20.2 Å². The number of ether oxygens (including phenoxy) is 1. The van der Waals surface area contributed by atoms with Crippen molar-refractivity contribution in [1.82, 2.24) is 10.2 Å². The van der Waals surface area contributed by atoms with E-state index < -0.39 is 11.9 Å². The van der Waals surface area contributed by atoms with Crippen LogP contribution in [0.15, 0.2) is 24.3 Å². The number of piperidine rings is 1. The number of aliphatic carboxylic acids is 1. The van der Waals surface area contributed by atoms with E-state index in [-0.39, 0.29) is 18.6 Å². The maximum atomic E-state index is 12.4. The van der Waals surface area contributed by atoms with Crippen molar-refractivity contribution in [3.8, 4) is 5.75 Å². The molecule has 1 fully saturated rings. The molecule has 0 aliphatic carbocycles. The standard InChI is InChI=1S/C17H24N2O4/c1-3-15(12-6-8-14(23-2)9-7-12)18-17(22)19-10-4-5-13(11-19)16(20)21/h6-9,13,15H,3-5,10-11H2,1-2H3,(H,18,22)(H,20,21). The highest BCUT2D eigenvalue weighted by Gasteiger charge is 2.29. The van der Waals surface area contributed by atoms with Crippen LogP contribution in [0.4, 0.5) is 4.79 Å². The molecule has 2 amide bonds. The van der Waals surface area contributed by atoms with Gasteiger partial charge in [-0.25, -0.2) is 4.79 Å². The van der Waals surface area contributed by atoms with Gasteiger partial charge < -0.3 is 20.1 Å². The lowest BCUT2D eigenvalue weighted by Gasteiger charge is -2.32. The van der Waals surface area contributed by atoms with Crippen molar-refractivity contribution < 1.29 is 19.4 Å². The van der Waals surface area contributed by atoms with Gasteiger partial charge in [-0.2, -0.15) is 0 Å². The molecular formula is C17H24N2O4. The SMILES string of the molecule is CCC(NC(=O)N1CCCC(C(=O)O)C1)c1ccc(OC)cc1. The van der Waals surface area contributed by atoms with E-state index in [1.54, 1.807) is 12.0 Å². The number of nitrogens with one attached hydrogen (secondary N) is 1. The molecule has 0 radical (unpaired) electrons. The number of carbonyl (C=O) groups is 2. The van der Waals surface area contributed by atoms with E-state index in [1.807, 2.05) is 31.2 Å². The molecule has 2 unspecified atom stereocenters. The van der Waals surface area contributed by atoms with E-state index in [0.29, 0.717) is 13.0 Å². The summed E-state index contributed by atoms with van der Waals surface area (Å²) in [5.41, 5.74) is 1.01. The molecule has 6 nitrogen and oxygen atoms in total.